The van der Waals surface area contributed by atoms with E-state index < -0.39 is 5.92 Å². The largest absolute Gasteiger partial charge is 0.493 e. The number of nitrogens with zero attached hydrogens (tertiary/aromatic N) is 1. The summed E-state index contributed by atoms with van der Waals surface area (Å²) in [7, 11) is 3.52. The molecule has 0 fully saturated rings. The van der Waals surface area contributed by atoms with Crippen molar-refractivity contribution in [2.24, 2.45) is 0 Å². The molecule has 2 aromatic rings. The maximum atomic E-state index is 13.2. The lowest BCUT2D eigenvalue weighted by atomic mass is 9.71. The molecule has 0 N–H and O–H groups in total. The summed E-state index contributed by atoms with van der Waals surface area (Å²) >= 11 is 19.0. The molecule has 3 aliphatic rings. The van der Waals surface area contributed by atoms with Crippen LogP contribution in [0.3, 0.4) is 0 Å². The van der Waals surface area contributed by atoms with Crippen LogP contribution in [0, 0.1) is 0 Å². The Morgan fingerprint density at radius 2 is 1.53 bits per heavy atom. The molecule has 1 aliphatic heterocycles. The van der Waals surface area contributed by atoms with Gasteiger partial charge in [-0.25, -0.2) is 0 Å². The first kappa shape index (κ1) is 25.2. The molecule has 0 atom stereocenters. The molecule has 0 amide bonds. The number of carbonyl (C=O) groups is 2. The van der Waals surface area contributed by atoms with Crippen LogP contribution < -0.4 is 9.47 Å². The highest BCUT2D eigenvalue weighted by atomic mass is 35.5. The summed E-state index contributed by atoms with van der Waals surface area (Å²) in [6.45, 7) is 0.168. The Labute approximate surface area is 225 Å². The Bertz CT molecular complexity index is 1290. The Morgan fingerprint density at radius 1 is 0.889 bits per heavy atom. The highest BCUT2D eigenvalue weighted by Gasteiger charge is 2.42. The first-order valence-electron chi connectivity index (χ1n) is 12.0. The Balaban J connectivity index is 1.57. The van der Waals surface area contributed by atoms with Crippen LogP contribution in [0.5, 0.6) is 11.5 Å². The number of benzene rings is 2. The molecule has 0 saturated heterocycles. The maximum Gasteiger partial charge on any atom is 0.180 e. The van der Waals surface area contributed by atoms with E-state index in [1.807, 2.05) is 13.1 Å². The number of methoxy groups -OCH3 is 1. The number of hydrogen-bond donors (Lipinski definition) is 0. The zero-order valence-electron chi connectivity index (χ0n) is 20.1. The summed E-state index contributed by atoms with van der Waals surface area (Å²) in [5, 5.41) is 1.37. The Kier molecular flexibility index (Phi) is 7.08. The fraction of sp³-hybridized carbons (Fsp3) is 0.357. The molecule has 0 bridgehead atoms. The Hall–Kier alpha value is -2.47. The lowest BCUT2D eigenvalue weighted by Crippen LogP contribution is -2.37. The van der Waals surface area contributed by atoms with Gasteiger partial charge in [-0.3, -0.25) is 9.59 Å². The molecule has 1 heterocycles. The minimum absolute atomic E-state index is 0.0887. The van der Waals surface area contributed by atoms with E-state index in [-0.39, 0.29) is 18.2 Å². The minimum Gasteiger partial charge on any atom is -0.493 e. The molecule has 0 spiro atoms. The molecule has 0 unspecified atom stereocenters. The first-order valence-corrected chi connectivity index (χ1v) is 13.1. The predicted octanol–water partition coefficient (Wildman–Crippen LogP) is 7.28. The topological polar surface area (TPSA) is 55.8 Å². The smallest absolute Gasteiger partial charge is 0.180 e. The second kappa shape index (κ2) is 10.1. The lowest BCUT2D eigenvalue weighted by molar-refractivity contribution is -0.117. The van der Waals surface area contributed by atoms with Gasteiger partial charge in [0.1, 0.15) is 6.61 Å². The van der Waals surface area contributed by atoms with Gasteiger partial charge in [0.15, 0.2) is 23.1 Å². The van der Waals surface area contributed by atoms with Gasteiger partial charge in [0, 0.05) is 64.0 Å². The average molecular weight is 547 g/mol. The highest BCUT2D eigenvalue weighted by Crippen LogP contribution is 2.50. The molecule has 188 valence electrons. The van der Waals surface area contributed by atoms with Gasteiger partial charge in [-0.2, -0.15) is 0 Å². The molecule has 5 rings (SSSR count). The van der Waals surface area contributed by atoms with E-state index in [0.717, 1.165) is 48.2 Å². The Morgan fingerprint density at radius 3 is 2.11 bits per heavy atom. The number of allylic oxidation sites excluding steroid dienone is 4. The lowest BCUT2D eigenvalue weighted by Gasteiger charge is -2.42. The first-order chi connectivity index (χ1) is 17.3. The number of rotatable bonds is 5. The average Bonchev–Trinajstić information content (AvgIpc) is 2.85. The standard InChI is InChI=1S/C28H26Cl3NO4/c1-32-20-5-3-7-22(33)26(20)25(27-21(32)6-4-8-23(27)34)16-11-19(31)28(24(12-16)35-2)36-14-15-9-10-17(29)13-18(15)30/h9-13,25H,3-8,14H2,1-2H3. The number of ketones is 2. The van der Waals surface area contributed by atoms with E-state index in [0.29, 0.717) is 50.6 Å². The molecule has 5 nitrogen and oxygen atoms in total. The van der Waals surface area contributed by atoms with E-state index in [2.05, 4.69) is 4.90 Å². The summed E-state index contributed by atoms with van der Waals surface area (Å²) in [5.74, 6) is 0.516. The zero-order valence-corrected chi connectivity index (χ0v) is 22.4. The van der Waals surface area contributed by atoms with Crippen LogP contribution in [-0.2, 0) is 16.2 Å². The number of hydrogen-bond acceptors (Lipinski definition) is 5. The number of Topliss-reactive ketones (excluding diaryl/α,β-unsaturated/α-hetero) is 2. The van der Waals surface area contributed by atoms with Crippen LogP contribution in [0.2, 0.25) is 15.1 Å². The predicted molar refractivity (Wildman–Crippen MR) is 141 cm³/mol. The summed E-state index contributed by atoms with van der Waals surface area (Å²) in [6, 6.07) is 8.82. The molecular weight excluding hydrogens is 521 g/mol. The van der Waals surface area contributed by atoms with Crippen molar-refractivity contribution in [1.29, 1.82) is 0 Å². The van der Waals surface area contributed by atoms with Crippen LogP contribution >= 0.6 is 34.8 Å². The minimum atomic E-state index is -0.460. The second-order valence-corrected chi connectivity index (χ2v) is 10.6. The van der Waals surface area contributed by atoms with Crippen molar-refractivity contribution in [2.75, 3.05) is 14.2 Å². The summed E-state index contributed by atoms with van der Waals surface area (Å²) < 4.78 is 11.7. The van der Waals surface area contributed by atoms with Gasteiger partial charge in [-0.15, -0.1) is 0 Å². The third kappa shape index (κ3) is 4.42. The van der Waals surface area contributed by atoms with Crippen molar-refractivity contribution < 1.29 is 19.1 Å². The van der Waals surface area contributed by atoms with Gasteiger partial charge in [-0.1, -0.05) is 40.9 Å². The third-order valence-electron chi connectivity index (χ3n) is 7.22. The summed E-state index contributed by atoms with van der Waals surface area (Å²) in [5.41, 5.74) is 4.95. The molecule has 0 radical (unpaired) electrons. The van der Waals surface area contributed by atoms with E-state index in [9.17, 15) is 9.59 Å². The quantitative estimate of drug-likeness (QED) is 0.394. The fourth-order valence-corrected chi connectivity index (χ4v) is 6.26. The van der Waals surface area contributed by atoms with Crippen LogP contribution in [0.1, 0.15) is 55.6 Å². The molecule has 2 aromatic carbocycles. The van der Waals surface area contributed by atoms with Crippen molar-refractivity contribution in [3.8, 4) is 11.5 Å². The van der Waals surface area contributed by atoms with E-state index >= 15 is 0 Å². The van der Waals surface area contributed by atoms with Gasteiger partial charge >= 0.3 is 0 Å². The molecule has 0 aromatic heterocycles. The van der Waals surface area contributed by atoms with Gasteiger partial charge in [-0.05, 0) is 55.5 Å². The van der Waals surface area contributed by atoms with E-state index in [1.165, 1.54) is 0 Å². The number of ether oxygens (including phenoxy) is 2. The van der Waals surface area contributed by atoms with Gasteiger partial charge < -0.3 is 14.4 Å². The van der Waals surface area contributed by atoms with Crippen LogP contribution in [0.15, 0.2) is 52.9 Å². The van der Waals surface area contributed by atoms with Crippen LogP contribution in [0.25, 0.3) is 0 Å². The van der Waals surface area contributed by atoms with Crippen molar-refractivity contribution >= 4 is 46.4 Å². The highest BCUT2D eigenvalue weighted by molar-refractivity contribution is 6.35. The maximum absolute atomic E-state index is 13.2. The monoisotopic (exact) mass is 545 g/mol. The zero-order chi connectivity index (χ0) is 25.6. The number of carbonyl (C=O) groups excluding carboxylic acids is 2. The van der Waals surface area contributed by atoms with Crippen molar-refractivity contribution in [3.05, 3.63) is 79.1 Å². The molecular formula is C28H26Cl3NO4. The third-order valence-corrected chi connectivity index (χ3v) is 8.08. The van der Waals surface area contributed by atoms with Gasteiger partial charge in [0.05, 0.1) is 12.1 Å². The molecule has 2 aliphatic carbocycles. The summed E-state index contributed by atoms with van der Waals surface area (Å²) in [6.07, 6.45) is 4.21. The van der Waals surface area contributed by atoms with Crippen molar-refractivity contribution in [3.63, 3.8) is 0 Å². The van der Waals surface area contributed by atoms with Gasteiger partial charge in [0.2, 0.25) is 0 Å². The van der Waals surface area contributed by atoms with Crippen molar-refractivity contribution in [1.82, 2.24) is 4.90 Å². The fourth-order valence-electron chi connectivity index (χ4n) is 5.52. The van der Waals surface area contributed by atoms with Crippen LogP contribution in [0.4, 0.5) is 0 Å². The van der Waals surface area contributed by atoms with E-state index in [4.69, 9.17) is 44.3 Å². The van der Waals surface area contributed by atoms with Crippen molar-refractivity contribution in [2.45, 2.75) is 51.0 Å². The molecule has 0 saturated carbocycles. The SMILES string of the molecule is COc1cc(C2C3=C(CCCC3=O)N(C)C3=C2C(=O)CCC3)cc(Cl)c1OCc1ccc(Cl)cc1Cl. The second-order valence-electron chi connectivity index (χ2n) is 9.32. The summed E-state index contributed by atoms with van der Waals surface area (Å²) in [4.78, 5) is 28.5. The number of halogens is 3. The molecule has 8 heteroatoms. The normalized spacial score (nSPS) is 18.4. The van der Waals surface area contributed by atoms with Gasteiger partial charge in [0.25, 0.3) is 0 Å². The van der Waals surface area contributed by atoms with Crippen LogP contribution in [-0.4, -0.2) is 30.6 Å². The molecule has 36 heavy (non-hydrogen) atoms. The van der Waals surface area contributed by atoms with E-state index in [1.54, 1.807) is 31.4 Å².